The molecular formula is C13H12Br2OS. The Morgan fingerprint density at radius 3 is 2.47 bits per heavy atom. The van der Waals surface area contributed by atoms with Gasteiger partial charge in [0, 0.05) is 9.35 Å². The van der Waals surface area contributed by atoms with Crippen LogP contribution in [-0.2, 0) is 0 Å². The topological polar surface area (TPSA) is 20.2 Å². The largest absolute Gasteiger partial charge is 0.384 e. The lowest BCUT2D eigenvalue weighted by Crippen LogP contribution is -2.02. The minimum atomic E-state index is -0.560. The first-order valence-corrected chi connectivity index (χ1v) is 7.60. The summed E-state index contributed by atoms with van der Waals surface area (Å²) in [6.45, 7) is 4.04. The van der Waals surface area contributed by atoms with E-state index in [1.807, 2.05) is 38.1 Å². The molecule has 4 heteroatoms. The number of aliphatic hydroxyl groups is 1. The molecule has 0 amide bonds. The fraction of sp³-hybridized carbons (Fsp3) is 0.231. The van der Waals surface area contributed by atoms with E-state index < -0.39 is 6.10 Å². The molecule has 0 saturated carbocycles. The summed E-state index contributed by atoms with van der Waals surface area (Å²) >= 11 is 8.60. The van der Waals surface area contributed by atoms with E-state index in [9.17, 15) is 5.11 Å². The van der Waals surface area contributed by atoms with E-state index in [2.05, 4.69) is 31.9 Å². The standard InChI is InChI=1S/C13H12Br2OS/c1-7-9(4-3-5-11(7)14)13(16)10-6-12(15)17-8(10)2/h3-6,13,16H,1-2H3. The molecular weight excluding hydrogens is 364 g/mol. The highest BCUT2D eigenvalue weighted by atomic mass is 79.9. The van der Waals surface area contributed by atoms with Crippen LogP contribution < -0.4 is 0 Å². The van der Waals surface area contributed by atoms with Crippen LogP contribution in [0.3, 0.4) is 0 Å². The second-order valence-corrected chi connectivity index (χ2v) is 7.41. The first-order chi connectivity index (χ1) is 8.00. The monoisotopic (exact) mass is 374 g/mol. The molecule has 0 aliphatic carbocycles. The van der Waals surface area contributed by atoms with Crippen molar-refractivity contribution in [3.63, 3.8) is 0 Å². The summed E-state index contributed by atoms with van der Waals surface area (Å²) in [5.74, 6) is 0. The number of rotatable bonds is 2. The van der Waals surface area contributed by atoms with Crippen LogP contribution in [0.25, 0.3) is 0 Å². The number of benzene rings is 1. The zero-order valence-corrected chi connectivity index (χ0v) is 13.5. The Bertz CT molecular complexity index is 548. The molecule has 2 aromatic rings. The van der Waals surface area contributed by atoms with Crippen molar-refractivity contribution in [2.24, 2.45) is 0 Å². The van der Waals surface area contributed by atoms with E-state index in [0.29, 0.717) is 0 Å². The van der Waals surface area contributed by atoms with Crippen LogP contribution in [0.2, 0.25) is 0 Å². The summed E-state index contributed by atoms with van der Waals surface area (Å²) in [5, 5.41) is 10.5. The number of thiophene rings is 1. The van der Waals surface area contributed by atoms with Crippen molar-refractivity contribution >= 4 is 43.2 Å². The molecule has 1 N–H and O–H groups in total. The third-order valence-corrected chi connectivity index (χ3v) is 5.25. The Morgan fingerprint density at radius 1 is 1.18 bits per heavy atom. The lowest BCUT2D eigenvalue weighted by molar-refractivity contribution is 0.219. The van der Waals surface area contributed by atoms with E-state index in [1.165, 1.54) is 0 Å². The molecule has 1 aromatic carbocycles. The fourth-order valence-corrected chi connectivity index (χ4v) is 3.94. The van der Waals surface area contributed by atoms with Crippen LogP contribution in [0.15, 0.2) is 32.5 Å². The maximum atomic E-state index is 10.5. The first-order valence-electron chi connectivity index (χ1n) is 5.19. The molecule has 17 heavy (non-hydrogen) atoms. The predicted molar refractivity (Wildman–Crippen MR) is 79.7 cm³/mol. The number of aliphatic hydroxyl groups excluding tert-OH is 1. The number of hydrogen-bond acceptors (Lipinski definition) is 2. The lowest BCUT2D eigenvalue weighted by atomic mass is 9.98. The summed E-state index contributed by atoms with van der Waals surface area (Å²) in [6, 6.07) is 7.90. The van der Waals surface area contributed by atoms with Crippen molar-refractivity contribution in [1.29, 1.82) is 0 Å². The van der Waals surface area contributed by atoms with E-state index in [0.717, 1.165) is 29.8 Å². The molecule has 90 valence electrons. The van der Waals surface area contributed by atoms with Crippen LogP contribution in [0.1, 0.15) is 27.7 Å². The van der Waals surface area contributed by atoms with Crippen LogP contribution in [0, 0.1) is 13.8 Å². The number of halogens is 2. The van der Waals surface area contributed by atoms with Crippen molar-refractivity contribution in [2.75, 3.05) is 0 Å². The molecule has 0 fully saturated rings. The van der Waals surface area contributed by atoms with Gasteiger partial charge < -0.3 is 5.11 Å². The normalized spacial score (nSPS) is 12.8. The van der Waals surface area contributed by atoms with Gasteiger partial charge in [0.25, 0.3) is 0 Å². The molecule has 0 aliphatic heterocycles. The van der Waals surface area contributed by atoms with Gasteiger partial charge in [-0.3, -0.25) is 0 Å². The second-order valence-electron chi connectivity index (χ2n) is 3.92. The van der Waals surface area contributed by atoms with Crippen LogP contribution in [0.5, 0.6) is 0 Å². The highest BCUT2D eigenvalue weighted by Crippen LogP contribution is 2.35. The SMILES string of the molecule is Cc1sc(Br)cc1C(O)c1cccc(Br)c1C. The van der Waals surface area contributed by atoms with Crippen molar-refractivity contribution in [2.45, 2.75) is 20.0 Å². The third kappa shape index (κ3) is 2.65. The maximum absolute atomic E-state index is 10.5. The minimum absolute atomic E-state index is 0.560. The molecule has 1 nitrogen and oxygen atoms in total. The average Bonchev–Trinajstić information content (AvgIpc) is 2.61. The molecule has 1 heterocycles. The van der Waals surface area contributed by atoms with E-state index >= 15 is 0 Å². The van der Waals surface area contributed by atoms with Gasteiger partial charge in [0.2, 0.25) is 0 Å². The molecule has 1 atom stereocenters. The third-order valence-electron chi connectivity index (χ3n) is 2.82. The van der Waals surface area contributed by atoms with Gasteiger partial charge in [0.1, 0.15) is 6.10 Å². The smallest absolute Gasteiger partial charge is 0.105 e. The van der Waals surface area contributed by atoms with Gasteiger partial charge >= 0.3 is 0 Å². The second kappa shape index (κ2) is 5.22. The summed E-state index contributed by atoms with van der Waals surface area (Å²) in [5.41, 5.74) is 3.01. The van der Waals surface area contributed by atoms with E-state index in [1.54, 1.807) is 11.3 Å². The minimum Gasteiger partial charge on any atom is -0.384 e. The molecule has 0 radical (unpaired) electrons. The number of hydrogen-bond donors (Lipinski definition) is 1. The molecule has 0 spiro atoms. The van der Waals surface area contributed by atoms with E-state index in [-0.39, 0.29) is 0 Å². The van der Waals surface area contributed by atoms with Crippen LogP contribution >= 0.6 is 43.2 Å². The summed E-state index contributed by atoms with van der Waals surface area (Å²) in [7, 11) is 0. The predicted octanol–water partition coefficient (Wildman–Crippen LogP) is 4.97. The van der Waals surface area contributed by atoms with Crippen molar-refractivity contribution in [3.05, 3.63) is 54.1 Å². The Morgan fingerprint density at radius 2 is 1.88 bits per heavy atom. The van der Waals surface area contributed by atoms with Gasteiger partial charge in [-0.15, -0.1) is 11.3 Å². The molecule has 0 bridgehead atoms. The van der Waals surface area contributed by atoms with Crippen molar-refractivity contribution in [3.8, 4) is 0 Å². The first kappa shape index (κ1) is 13.3. The van der Waals surface area contributed by atoms with Gasteiger partial charge in [-0.1, -0.05) is 28.1 Å². The van der Waals surface area contributed by atoms with Gasteiger partial charge in [-0.2, -0.15) is 0 Å². The quantitative estimate of drug-likeness (QED) is 0.785. The molecule has 0 saturated heterocycles. The Labute approximate surface area is 122 Å². The van der Waals surface area contributed by atoms with Crippen LogP contribution in [-0.4, -0.2) is 5.11 Å². The van der Waals surface area contributed by atoms with Gasteiger partial charge in [0.15, 0.2) is 0 Å². The summed E-state index contributed by atoms with van der Waals surface area (Å²) in [4.78, 5) is 1.14. The summed E-state index contributed by atoms with van der Waals surface area (Å²) < 4.78 is 2.08. The van der Waals surface area contributed by atoms with Gasteiger partial charge in [-0.05, 0) is 58.6 Å². The van der Waals surface area contributed by atoms with Crippen molar-refractivity contribution in [1.82, 2.24) is 0 Å². The van der Waals surface area contributed by atoms with Gasteiger partial charge in [-0.25, -0.2) is 0 Å². The van der Waals surface area contributed by atoms with Gasteiger partial charge in [0.05, 0.1) is 3.79 Å². The summed E-state index contributed by atoms with van der Waals surface area (Å²) in [6.07, 6.45) is -0.560. The highest BCUT2D eigenvalue weighted by Gasteiger charge is 2.18. The zero-order valence-electron chi connectivity index (χ0n) is 9.50. The average molecular weight is 376 g/mol. The Hall–Kier alpha value is -0.160. The molecule has 1 aromatic heterocycles. The van der Waals surface area contributed by atoms with Crippen molar-refractivity contribution < 1.29 is 5.11 Å². The number of aryl methyl sites for hydroxylation is 1. The molecule has 1 unspecified atom stereocenters. The van der Waals surface area contributed by atoms with E-state index in [4.69, 9.17) is 0 Å². The zero-order chi connectivity index (χ0) is 12.6. The molecule has 2 rings (SSSR count). The Balaban J connectivity index is 2.47. The lowest BCUT2D eigenvalue weighted by Gasteiger charge is -2.14. The fourth-order valence-electron chi connectivity index (χ4n) is 1.82. The molecule has 0 aliphatic rings. The Kier molecular flexibility index (Phi) is 4.08. The highest BCUT2D eigenvalue weighted by molar-refractivity contribution is 9.11. The maximum Gasteiger partial charge on any atom is 0.105 e. The van der Waals surface area contributed by atoms with Crippen LogP contribution in [0.4, 0.5) is 0 Å².